The first kappa shape index (κ1) is 15.3. The van der Waals surface area contributed by atoms with Gasteiger partial charge in [-0.3, -0.25) is 0 Å². The SMILES string of the molecule is [N-]=[N+]=NCC1C[C@@H](OC(=O)c2ccccc2)[C@H](O)CC1O. The molecular weight excluding hydrogens is 274 g/mol. The third-order valence-electron chi connectivity index (χ3n) is 3.64. The van der Waals surface area contributed by atoms with Crippen LogP contribution in [-0.2, 0) is 4.74 Å². The van der Waals surface area contributed by atoms with Crippen LogP contribution < -0.4 is 0 Å². The van der Waals surface area contributed by atoms with E-state index in [-0.39, 0.29) is 25.3 Å². The molecule has 0 radical (unpaired) electrons. The lowest BCUT2D eigenvalue weighted by molar-refractivity contribution is -0.0844. The standard InChI is InChI=1S/C14H17N3O4/c15-17-16-8-10-6-13(12(19)7-11(10)18)21-14(20)9-4-2-1-3-5-9/h1-5,10-13,18-19H,6-8H2/t10?,11?,12-,13-/m1/s1. The Kier molecular flexibility index (Phi) is 5.16. The summed E-state index contributed by atoms with van der Waals surface area (Å²) in [4.78, 5) is 14.6. The topological polar surface area (TPSA) is 116 Å². The number of ether oxygens (including phenoxy) is 1. The smallest absolute Gasteiger partial charge is 0.338 e. The average molecular weight is 291 g/mol. The molecule has 2 unspecified atom stereocenters. The van der Waals surface area contributed by atoms with Crippen LogP contribution in [-0.4, -0.2) is 41.0 Å². The summed E-state index contributed by atoms with van der Waals surface area (Å²) in [5, 5.41) is 23.2. The summed E-state index contributed by atoms with van der Waals surface area (Å²) < 4.78 is 5.31. The van der Waals surface area contributed by atoms with Gasteiger partial charge in [0.05, 0.1) is 17.8 Å². The van der Waals surface area contributed by atoms with Crippen LogP contribution in [0.3, 0.4) is 0 Å². The number of nitrogens with zero attached hydrogens (tertiary/aromatic N) is 3. The van der Waals surface area contributed by atoms with Crippen LogP contribution in [0, 0.1) is 5.92 Å². The molecule has 1 aliphatic rings. The molecule has 1 saturated carbocycles. The number of benzene rings is 1. The Bertz CT molecular complexity index is 530. The molecule has 0 heterocycles. The van der Waals surface area contributed by atoms with E-state index >= 15 is 0 Å². The number of aliphatic hydroxyl groups is 2. The predicted octanol–water partition coefficient (Wildman–Crippen LogP) is 1.65. The molecule has 0 aliphatic heterocycles. The van der Waals surface area contributed by atoms with Crippen molar-refractivity contribution in [3.63, 3.8) is 0 Å². The van der Waals surface area contributed by atoms with Gasteiger partial charge in [-0.25, -0.2) is 4.79 Å². The minimum atomic E-state index is -0.921. The van der Waals surface area contributed by atoms with E-state index in [1.165, 1.54) is 0 Å². The molecule has 112 valence electrons. The lowest BCUT2D eigenvalue weighted by Gasteiger charge is -2.35. The van der Waals surface area contributed by atoms with Gasteiger partial charge in [-0.2, -0.15) is 0 Å². The molecule has 1 aromatic rings. The zero-order valence-electron chi connectivity index (χ0n) is 11.4. The Balaban J connectivity index is 2.01. The molecule has 1 aromatic carbocycles. The summed E-state index contributed by atoms with van der Waals surface area (Å²) >= 11 is 0. The predicted molar refractivity (Wildman–Crippen MR) is 74.4 cm³/mol. The molecular formula is C14H17N3O4. The van der Waals surface area contributed by atoms with Crippen molar-refractivity contribution in [1.82, 2.24) is 0 Å². The van der Waals surface area contributed by atoms with Crippen LogP contribution in [0.4, 0.5) is 0 Å². The quantitative estimate of drug-likeness (QED) is 0.380. The molecule has 21 heavy (non-hydrogen) atoms. The molecule has 7 nitrogen and oxygen atoms in total. The minimum absolute atomic E-state index is 0.0956. The van der Waals surface area contributed by atoms with E-state index < -0.39 is 24.3 Å². The molecule has 1 fully saturated rings. The van der Waals surface area contributed by atoms with Gasteiger partial charge in [0.15, 0.2) is 0 Å². The summed E-state index contributed by atoms with van der Waals surface area (Å²) in [6.45, 7) is 0.115. The molecule has 0 spiro atoms. The Morgan fingerprint density at radius 2 is 2.00 bits per heavy atom. The van der Waals surface area contributed by atoms with Crippen molar-refractivity contribution < 1.29 is 19.7 Å². The molecule has 0 aromatic heterocycles. The van der Waals surface area contributed by atoms with E-state index in [0.29, 0.717) is 5.56 Å². The highest BCUT2D eigenvalue weighted by Gasteiger charge is 2.37. The van der Waals surface area contributed by atoms with Gasteiger partial charge in [0, 0.05) is 17.9 Å². The molecule has 2 N–H and O–H groups in total. The largest absolute Gasteiger partial charge is 0.456 e. The number of aliphatic hydroxyl groups excluding tert-OH is 2. The van der Waals surface area contributed by atoms with Crippen LogP contribution >= 0.6 is 0 Å². The Hall–Kier alpha value is -2.08. The van der Waals surface area contributed by atoms with Gasteiger partial charge < -0.3 is 14.9 Å². The summed E-state index contributed by atoms with van der Waals surface area (Å²) in [6, 6.07) is 8.50. The first-order valence-electron chi connectivity index (χ1n) is 6.75. The van der Waals surface area contributed by atoms with Crippen molar-refractivity contribution in [2.75, 3.05) is 6.54 Å². The lowest BCUT2D eigenvalue weighted by Crippen LogP contribution is -2.45. The van der Waals surface area contributed by atoms with Crippen molar-refractivity contribution in [2.24, 2.45) is 11.0 Å². The third-order valence-corrected chi connectivity index (χ3v) is 3.64. The molecule has 4 atom stereocenters. The third kappa shape index (κ3) is 3.95. The number of esters is 1. The minimum Gasteiger partial charge on any atom is -0.456 e. The summed E-state index contributed by atoms with van der Waals surface area (Å²) in [7, 11) is 0. The first-order valence-corrected chi connectivity index (χ1v) is 6.75. The maximum Gasteiger partial charge on any atom is 0.338 e. The van der Waals surface area contributed by atoms with Gasteiger partial charge in [-0.05, 0) is 30.0 Å². The zero-order valence-corrected chi connectivity index (χ0v) is 11.4. The van der Waals surface area contributed by atoms with Crippen LogP contribution in [0.2, 0.25) is 0 Å². The van der Waals surface area contributed by atoms with Crippen molar-refractivity contribution in [2.45, 2.75) is 31.2 Å². The lowest BCUT2D eigenvalue weighted by atomic mass is 9.83. The number of hydrogen-bond acceptors (Lipinski definition) is 5. The molecule has 0 bridgehead atoms. The average Bonchev–Trinajstić information content (AvgIpc) is 2.49. The fraction of sp³-hybridized carbons (Fsp3) is 0.500. The normalized spacial score (nSPS) is 28.5. The fourth-order valence-corrected chi connectivity index (χ4v) is 2.45. The second-order valence-electron chi connectivity index (χ2n) is 5.09. The van der Waals surface area contributed by atoms with Gasteiger partial charge in [0.2, 0.25) is 0 Å². The van der Waals surface area contributed by atoms with Gasteiger partial charge in [-0.15, -0.1) is 0 Å². The summed E-state index contributed by atoms with van der Waals surface area (Å²) in [6.07, 6.45) is -2.04. The Morgan fingerprint density at radius 3 is 2.67 bits per heavy atom. The molecule has 0 amide bonds. The fourth-order valence-electron chi connectivity index (χ4n) is 2.45. The van der Waals surface area contributed by atoms with Crippen LogP contribution in [0.5, 0.6) is 0 Å². The van der Waals surface area contributed by atoms with Crippen LogP contribution in [0.15, 0.2) is 35.4 Å². The number of hydrogen-bond donors (Lipinski definition) is 2. The van der Waals surface area contributed by atoms with E-state index in [0.717, 1.165) is 0 Å². The van der Waals surface area contributed by atoms with Crippen molar-refractivity contribution in [3.8, 4) is 0 Å². The maximum absolute atomic E-state index is 12.0. The number of azide groups is 1. The number of rotatable bonds is 4. The van der Waals surface area contributed by atoms with E-state index in [1.54, 1.807) is 30.3 Å². The highest BCUT2D eigenvalue weighted by atomic mass is 16.6. The number of carbonyl (C=O) groups excluding carboxylic acids is 1. The van der Waals surface area contributed by atoms with E-state index in [4.69, 9.17) is 10.3 Å². The maximum atomic E-state index is 12.0. The highest BCUT2D eigenvalue weighted by Crippen LogP contribution is 2.28. The van der Waals surface area contributed by atoms with E-state index in [2.05, 4.69) is 10.0 Å². The second-order valence-corrected chi connectivity index (χ2v) is 5.09. The molecule has 7 heteroatoms. The van der Waals surface area contributed by atoms with Gasteiger partial charge in [0.1, 0.15) is 6.10 Å². The van der Waals surface area contributed by atoms with Gasteiger partial charge in [0.25, 0.3) is 0 Å². The molecule has 1 aliphatic carbocycles. The molecule has 2 rings (SSSR count). The van der Waals surface area contributed by atoms with E-state index in [1.807, 2.05) is 0 Å². The first-order chi connectivity index (χ1) is 10.1. The van der Waals surface area contributed by atoms with Crippen molar-refractivity contribution >= 4 is 5.97 Å². The van der Waals surface area contributed by atoms with Crippen molar-refractivity contribution in [3.05, 3.63) is 46.3 Å². The Labute approximate surface area is 121 Å². The van der Waals surface area contributed by atoms with Crippen molar-refractivity contribution in [1.29, 1.82) is 0 Å². The second kappa shape index (κ2) is 7.08. The highest BCUT2D eigenvalue weighted by molar-refractivity contribution is 5.89. The Morgan fingerprint density at radius 1 is 1.29 bits per heavy atom. The summed E-state index contributed by atoms with van der Waals surface area (Å²) in [5.74, 6) is -0.837. The number of carbonyl (C=O) groups is 1. The monoisotopic (exact) mass is 291 g/mol. The summed E-state index contributed by atoms with van der Waals surface area (Å²) in [5.41, 5.74) is 8.74. The van der Waals surface area contributed by atoms with Crippen LogP contribution in [0.25, 0.3) is 10.4 Å². The van der Waals surface area contributed by atoms with Gasteiger partial charge >= 0.3 is 5.97 Å². The molecule has 0 saturated heterocycles. The zero-order chi connectivity index (χ0) is 15.2. The van der Waals surface area contributed by atoms with Gasteiger partial charge in [-0.1, -0.05) is 23.3 Å². The van der Waals surface area contributed by atoms with E-state index in [9.17, 15) is 15.0 Å². The van der Waals surface area contributed by atoms with Crippen LogP contribution in [0.1, 0.15) is 23.2 Å².